The Labute approximate surface area is 138 Å². The van der Waals surface area contributed by atoms with E-state index in [0.717, 1.165) is 24.3 Å². The van der Waals surface area contributed by atoms with Crippen LogP contribution in [0.15, 0.2) is 42.5 Å². The Morgan fingerprint density at radius 2 is 1.70 bits per heavy atom. The van der Waals surface area contributed by atoms with Crippen molar-refractivity contribution in [3.63, 3.8) is 0 Å². The molecular formula is C20H24N2O. The van der Waals surface area contributed by atoms with E-state index in [-0.39, 0.29) is 5.91 Å². The van der Waals surface area contributed by atoms with Gasteiger partial charge in [-0.15, -0.1) is 0 Å². The molecule has 1 amide bonds. The molecular weight excluding hydrogens is 284 g/mol. The summed E-state index contributed by atoms with van der Waals surface area (Å²) in [6, 6.07) is 14.4. The molecule has 2 aromatic rings. The predicted octanol–water partition coefficient (Wildman–Crippen LogP) is 4.08. The third-order valence-corrected chi connectivity index (χ3v) is 4.56. The molecule has 1 aliphatic heterocycles. The molecule has 120 valence electrons. The van der Waals surface area contributed by atoms with Gasteiger partial charge in [0.2, 0.25) is 5.91 Å². The van der Waals surface area contributed by atoms with Crippen molar-refractivity contribution in [3.05, 3.63) is 59.2 Å². The molecule has 1 aliphatic rings. The third kappa shape index (κ3) is 3.92. The zero-order chi connectivity index (χ0) is 16.2. The summed E-state index contributed by atoms with van der Waals surface area (Å²) < 4.78 is 0. The molecule has 2 aromatic carbocycles. The lowest BCUT2D eigenvalue weighted by Gasteiger charge is -2.17. The first-order valence-corrected chi connectivity index (χ1v) is 8.33. The summed E-state index contributed by atoms with van der Waals surface area (Å²) in [5.74, 6) is 0.0298. The fourth-order valence-electron chi connectivity index (χ4n) is 3.03. The van der Waals surface area contributed by atoms with Gasteiger partial charge in [-0.2, -0.15) is 0 Å². The van der Waals surface area contributed by atoms with Crippen LogP contribution in [0.2, 0.25) is 0 Å². The molecule has 0 aliphatic carbocycles. The number of anilines is 2. The van der Waals surface area contributed by atoms with E-state index in [1.807, 2.05) is 18.2 Å². The number of nitrogens with zero attached hydrogens (tertiary/aromatic N) is 1. The molecule has 1 heterocycles. The van der Waals surface area contributed by atoms with Gasteiger partial charge in [-0.25, -0.2) is 0 Å². The van der Waals surface area contributed by atoms with Crippen LogP contribution >= 0.6 is 0 Å². The maximum Gasteiger partial charge on any atom is 0.228 e. The quantitative estimate of drug-likeness (QED) is 0.923. The number of hydrogen-bond donors (Lipinski definition) is 1. The summed E-state index contributed by atoms with van der Waals surface area (Å²) in [5, 5.41) is 2.98. The van der Waals surface area contributed by atoms with Crippen LogP contribution in [-0.2, 0) is 11.2 Å². The van der Waals surface area contributed by atoms with E-state index < -0.39 is 0 Å². The lowest BCUT2D eigenvalue weighted by Crippen LogP contribution is -2.18. The van der Waals surface area contributed by atoms with E-state index in [1.54, 1.807) is 0 Å². The van der Waals surface area contributed by atoms with Gasteiger partial charge in [0.05, 0.1) is 6.42 Å². The second-order valence-corrected chi connectivity index (χ2v) is 6.38. The molecule has 0 aromatic heterocycles. The van der Waals surface area contributed by atoms with Gasteiger partial charge in [0.1, 0.15) is 0 Å². The van der Waals surface area contributed by atoms with Crippen LogP contribution in [0.5, 0.6) is 0 Å². The summed E-state index contributed by atoms with van der Waals surface area (Å²) in [6.07, 6.45) is 2.96. The van der Waals surface area contributed by atoms with Crippen molar-refractivity contribution in [1.29, 1.82) is 0 Å². The van der Waals surface area contributed by atoms with Crippen molar-refractivity contribution < 1.29 is 4.79 Å². The van der Waals surface area contributed by atoms with E-state index in [2.05, 4.69) is 48.3 Å². The van der Waals surface area contributed by atoms with Crippen molar-refractivity contribution in [2.24, 2.45) is 0 Å². The summed E-state index contributed by atoms with van der Waals surface area (Å²) in [6.45, 7) is 6.44. The molecule has 3 nitrogen and oxygen atoms in total. The van der Waals surface area contributed by atoms with Crippen LogP contribution in [0.3, 0.4) is 0 Å². The Bertz CT molecular complexity index is 685. The lowest BCUT2D eigenvalue weighted by atomic mass is 10.0. The molecule has 1 saturated heterocycles. The number of hydrogen-bond acceptors (Lipinski definition) is 2. The lowest BCUT2D eigenvalue weighted by molar-refractivity contribution is -0.115. The zero-order valence-electron chi connectivity index (χ0n) is 13.9. The normalized spacial score (nSPS) is 14.1. The summed E-state index contributed by atoms with van der Waals surface area (Å²) in [5.41, 5.74) is 5.65. The maximum absolute atomic E-state index is 12.2. The van der Waals surface area contributed by atoms with Crippen LogP contribution in [0.25, 0.3) is 0 Å². The van der Waals surface area contributed by atoms with E-state index in [0.29, 0.717) is 6.42 Å². The monoisotopic (exact) mass is 308 g/mol. The first-order chi connectivity index (χ1) is 11.1. The number of carbonyl (C=O) groups is 1. The summed E-state index contributed by atoms with van der Waals surface area (Å²) >= 11 is 0. The molecule has 0 atom stereocenters. The average Bonchev–Trinajstić information content (AvgIpc) is 3.06. The standard InChI is InChI=1S/C20H24N2O/c1-15-5-6-17(13-16(15)2)14-20(23)21-18-7-9-19(10-8-18)22-11-3-4-12-22/h5-10,13H,3-4,11-12,14H2,1-2H3,(H,21,23). The van der Waals surface area contributed by atoms with Crippen molar-refractivity contribution >= 4 is 17.3 Å². The van der Waals surface area contributed by atoms with Crippen LogP contribution in [-0.4, -0.2) is 19.0 Å². The van der Waals surface area contributed by atoms with Crippen molar-refractivity contribution in [2.45, 2.75) is 33.1 Å². The van der Waals surface area contributed by atoms with Crippen LogP contribution in [0, 0.1) is 13.8 Å². The molecule has 0 unspecified atom stereocenters. The van der Waals surface area contributed by atoms with Crippen LogP contribution < -0.4 is 10.2 Å². The number of nitrogens with one attached hydrogen (secondary N) is 1. The van der Waals surface area contributed by atoms with Gasteiger partial charge in [-0.05, 0) is 67.6 Å². The van der Waals surface area contributed by atoms with Gasteiger partial charge in [0.25, 0.3) is 0 Å². The van der Waals surface area contributed by atoms with Gasteiger partial charge in [-0.3, -0.25) is 4.79 Å². The van der Waals surface area contributed by atoms with Crippen molar-refractivity contribution in [3.8, 4) is 0 Å². The first-order valence-electron chi connectivity index (χ1n) is 8.33. The highest BCUT2D eigenvalue weighted by Crippen LogP contribution is 2.22. The van der Waals surface area contributed by atoms with E-state index in [1.165, 1.54) is 29.7 Å². The van der Waals surface area contributed by atoms with Gasteiger partial charge in [0, 0.05) is 24.5 Å². The van der Waals surface area contributed by atoms with Crippen LogP contribution in [0.4, 0.5) is 11.4 Å². The highest BCUT2D eigenvalue weighted by molar-refractivity contribution is 5.92. The van der Waals surface area contributed by atoms with Gasteiger partial charge in [0.15, 0.2) is 0 Å². The molecule has 0 spiro atoms. The minimum atomic E-state index is 0.0298. The number of amides is 1. The Hall–Kier alpha value is -2.29. The Balaban J connectivity index is 1.59. The second kappa shape index (κ2) is 6.86. The van der Waals surface area contributed by atoms with Gasteiger partial charge in [-0.1, -0.05) is 18.2 Å². The fraction of sp³-hybridized carbons (Fsp3) is 0.350. The van der Waals surface area contributed by atoms with E-state index in [4.69, 9.17) is 0 Å². The molecule has 23 heavy (non-hydrogen) atoms. The highest BCUT2D eigenvalue weighted by Gasteiger charge is 2.12. The second-order valence-electron chi connectivity index (χ2n) is 6.38. The van der Waals surface area contributed by atoms with Gasteiger partial charge >= 0.3 is 0 Å². The maximum atomic E-state index is 12.2. The average molecular weight is 308 g/mol. The Morgan fingerprint density at radius 1 is 1.00 bits per heavy atom. The molecule has 0 saturated carbocycles. The smallest absolute Gasteiger partial charge is 0.228 e. The zero-order valence-corrected chi connectivity index (χ0v) is 13.9. The molecule has 0 bridgehead atoms. The first kappa shape index (κ1) is 15.6. The Kier molecular flexibility index (Phi) is 4.65. The third-order valence-electron chi connectivity index (χ3n) is 4.56. The minimum absolute atomic E-state index is 0.0298. The minimum Gasteiger partial charge on any atom is -0.372 e. The molecule has 1 fully saturated rings. The number of carbonyl (C=O) groups excluding carboxylic acids is 1. The van der Waals surface area contributed by atoms with Gasteiger partial charge < -0.3 is 10.2 Å². The summed E-state index contributed by atoms with van der Waals surface area (Å²) in [4.78, 5) is 14.6. The topological polar surface area (TPSA) is 32.3 Å². The molecule has 3 heteroatoms. The van der Waals surface area contributed by atoms with E-state index >= 15 is 0 Å². The molecule has 1 N–H and O–H groups in total. The summed E-state index contributed by atoms with van der Waals surface area (Å²) in [7, 11) is 0. The SMILES string of the molecule is Cc1ccc(CC(=O)Nc2ccc(N3CCCC3)cc2)cc1C. The van der Waals surface area contributed by atoms with E-state index in [9.17, 15) is 4.79 Å². The molecule has 3 rings (SSSR count). The highest BCUT2D eigenvalue weighted by atomic mass is 16.1. The largest absolute Gasteiger partial charge is 0.372 e. The van der Waals surface area contributed by atoms with Crippen molar-refractivity contribution in [2.75, 3.05) is 23.3 Å². The predicted molar refractivity (Wildman–Crippen MR) is 96.1 cm³/mol. The van der Waals surface area contributed by atoms with Crippen molar-refractivity contribution in [1.82, 2.24) is 0 Å². The number of rotatable bonds is 4. The fourth-order valence-corrected chi connectivity index (χ4v) is 3.03. The Morgan fingerprint density at radius 3 is 2.35 bits per heavy atom. The van der Waals surface area contributed by atoms with Crippen LogP contribution in [0.1, 0.15) is 29.5 Å². The molecule has 0 radical (unpaired) electrons. The number of benzene rings is 2. The number of aryl methyl sites for hydroxylation is 2.